The van der Waals surface area contributed by atoms with Crippen LogP contribution in [0.3, 0.4) is 0 Å². The second-order valence-corrected chi connectivity index (χ2v) is 6.19. The molecule has 0 aliphatic heterocycles. The van der Waals surface area contributed by atoms with E-state index < -0.39 is 11.9 Å². The number of aromatic nitrogens is 4. The van der Waals surface area contributed by atoms with Crippen LogP contribution in [-0.4, -0.2) is 36.5 Å². The lowest BCUT2D eigenvalue weighted by molar-refractivity contribution is -0.137. The topological polar surface area (TPSA) is 102 Å². The first kappa shape index (κ1) is 18.0. The van der Waals surface area contributed by atoms with E-state index in [9.17, 15) is 9.59 Å². The zero-order valence-corrected chi connectivity index (χ0v) is 14.8. The van der Waals surface area contributed by atoms with E-state index in [-0.39, 0.29) is 12.1 Å². The molecule has 134 valence electrons. The second-order valence-electron chi connectivity index (χ2n) is 5.37. The highest BCUT2D eigenvalue weighted by atomic mass is 35.5. The van der Waals surface area contributed by atoms with Crippen LogP contribution in [0.4, 0.5) is 5.82 Å². The van der Waals surface area contributed by atoms with E-state index >= 15 is 0 Å². The number of nitrogens with zero attached hydrogens (tertiary/aromatic N) is 4. The van der Waals surface area contributed by atoms with Gasteiger partial charge in [0.2, 0.25) is 0 Å². The van der Waals surface area contributed by atoms with Gasteiger partial charge in [-0.15, -0.1) is 0 Å². The molecule has 26 heavy (non-hydrogen) atoms. The van der Waals surface area contributed by atoms with Gasteiger partial charge in [0.1, 0.15) is 6.54 Å². The molecule has 3 rings (SSSR count). The van der Waals surface area contributed by atoms with Crippen molar-refractivity contribution in [3.05, 3.63) is 64.0 Å². The van der Waals surface area contributed by atoms with Crippen LogP contribution in [0.25, 0.3) is 0 Å². The number of carbonyl (C=O) groups is 2. The molecular formula is C16H13Cl2N5O3. The molecule has 0 bridgehead atoms. The number of hydrogen-bond acceptors (Lipinski definition) is 4. The minimum atomic E-state index is -1.04. The molecule has 1 aromatic carbocycles. The van der Waals surface area contributed by atoms with Crippen molar-refractivity contribution in [3.63, 3.8) is 0 Å². The average molecular weight is 394 g/mol. The van der Waals surface area contributed by atoms with Crippen LogP contribution in [0, 0.1) is 0 Å². The lowest BCUT2D eigenvalue weighted by Gasteiger charge is -2.07. The molecule has 8 nitrogen and oxygen atoms in total. The van der Waals surface area contributed by atoms with Gasteiger partial charge in [0, 0.05) is 34.1 Å². The molecule has 2 aromatic heterocycles. The Morgan fingerprint density at radius 3 is 2.58 bits per heavy atom. The summed E-state index contributed by atoms with van der Waals surface area (Å²) in [6.45, 7) is 0.0332. The number of carboxylic acids is 1. The predicted octanol–water partition coefficient (Wildman–Crippen LogP) is 2.77. The molecule has 0 saturated carbocycles. The fourth-order valence-corrected chi connectivity index (χ4v) is 2.77. The van der Waals surface area contributed by atoms with Crippen LogP contribution < -0.4 is 5.32 Å². The number of rotatable bonds is 6. The van der Waals surface area contributed by atoms with Gasteiger partial charge in [-0.25, -0.2) is 0 Å². The highest BCUT2D eigenvalue weighted by Crippen LogP contribution is 2.25. The van der Waals surface area contributed by atoms with Crippen molar-refractivity contribution in [2.45, 2.75) is 13.1 Å². The first-order valence-corrected chi connectivity index (χ1v) is 8.20. The molecule has 0 spiro atoms. The summed E-state index contributed by atoms with van der Waals surface area (Å²) in [5.41, 5.74) is 0.960. The van der Waals surface area contributed by atoms with E-state index in [1.165, 1.54) is 12.4 Å². The van der Waals surface area contributed by atoms with Gasteiger partial charge in [-0.05, 0) is 12.1 Å². The molecule has 2 heterocycles. The third kappa shape index (κ3) is 4.22. The van der Waals surface area contributed by atoms with Crippen molar-refractivity contribution in [2.24, 2.45) is 0 Å². The van der Waals surface area contributed by atoms with Gasteiger partial charge in [0.05, 0.1) is 18.3 Å². The quantitative estimate of drug-likeness (QED) is 0.670. The van der Waals surface area contributed by atoms with E-state index in [4.69, 9.17) is 28.3 Å². The zero-order chi connectivity index (χ0) is 18.7. The molecule has 10 heteroatoms. The smallest absolute Gasteiger partial charge is 0.325 e. The number of aliphatic carboxylic acids is 1. The lowest BCUT2D eigenvalue weighted by Crippen LogP contribution is -2.13. The number of amides is 1. The molecule has 2 N–H and O–H groups in total. The van der Waals surface area contributed by atoms with Crippen molar-refractivity contribution >= 4 is 40.9 Å². The van der Waals surface area contributed by atoms with Gasteiger partial charge in [0.15, 0.2) is 5.82 Å². The van der Waals surface area contributed by atoms with Crippen molar-refractivity contribution in [3.8, 4) is 0 Å². The summed E-state index contributed by atoms with van der Waals surface area (Å²) in [5, 5.41) is 20.5. The molecule has 0 unspecified atom stereocenters. The summed E-state index contributed by atoms with van der Waals surface area (Å²) in [5.74, 6) is -1.15. The summed E-state index contributed by atoms with van der Waals surface area (Å²) < 4.78 is 2.76. The third-order valence-corrected chi connectivity index (χ3v) is 4.16. The van der Waals surface area contributed by atoms with Crippen LogP contribution in [0.5, 0.6) is 0 Å². The zero-order valence-electron chi connectivity index (χ0n) is 13.3. The Morgan fingerprint density at radius 2 is 1.88 bits per heavy atom. The maximum Gasteiger partial charge on any atom is 0.325 e. The molecule has 0 radical (unpaired) electrons. The summed E-state index contributed by atoms with van der Waals surface area (Å²) >= 11 is 12.3. The van der Waals surface area contributed by atoms with E-state index in [1.54, 1.807) is 35.1 Å². The van der Waals surface area contributed by atoms with E-state index in [2.05, 4.69) is 15.5 Å². The van der Waals surface area contributed by atoms with E-state index in [1.807, 2.05) is 0 Å². The van der Waals surface area contributed by atoms with Crippen LogP contribution in [-0.2, 0) is 17.9 Å². The minimum absolute atomic E-state index is 0.231. The molecule has 0 atom stereocenters. The number of carboxylic acid groups (broad SMARTS) is 1. The normalized spacial score (nSPS) is 10.7. The molecule has 0 aliphatic carbocycles. The van der Waals surface area contributed by atoms with Gasteiger partial charge in [0.25, 0.3) is 5.91 Å². The van der Waals surface area contributed by atoms with Crippen LogP contribution in [0.2, 0.25) is 10.0 Å². The monoisotopic (exact) mass is 393 g/mol. The number of anilines is 1. The van der Waals surface area contributed by atoms with Gasteiger partial charge in [-0.2, -0.15) is 10.2 Å². The molecule has 3 aromatic rings. The van der Waals surface area contributed by atoms with Gasteiger partial charge in [-0.1, -0.05) is 29.3 Å². The number of benzene rings is 1. The van der Waals surface area contributed by atoms with E-state index in [0.29, 0.717) is 22.4 Å². The molecule has 0 saturated heterocycles. The summed E-state index contributed by atoms with van der Waals surface area (Å²) in [6.07, 6.45) is 4.33. The number of hydrogen-bond donors (Lipinski definition) is 2. The fraction of sp³-hybridized carbons (Fsp3) is 0.125. The molecule has 0 aliphatic rings. The van der Waals surface area contributed by atoms with Gasteiger partial charge >= 0.3 is 5.97 Å². The maximum absolute atomic E-state index is 12.2. The third-order valence-electron chi connectivity index (χ3n) is 3.46. The van der Waals surface area contributed by atoms with Crippen LogP contribution in [0.15, 0.2) is 42.9 Å². The van der Waals surface area contributed by atoms with Crippen LogP contribution in [0.1, 0.15) is 15.9 Å². The first-order chi connectivity index (χ1) is 12.4. The number of carbonyl (C=O) groups excluding carboxylic acids is 1. The lowest BCUT2D eigenvalue weighted by atomic mass is 10.2. The Balaban J connectivity index is 1.67. The standard InChI is InChI=1S/C16H13Cl2N5O3/c17-12-2-1-3-13(18)11(12)8-22-5-4-14(21-22)20-16(26)10-6-19-23(7-10)9-15(24)25/h1-7H,8-9H2,(H,24,25)(H,20,21,26). The second kappa shape index (κ2) is 7.59. The molecule has 1 amide bonds. The summed E-state index contributed by atoms with van der Waals surface area (Å²) in [6, 6.07) is 6.87. The SMILES string of the molecule is O=C(O)Cn1cc(C(=O)Nc2ccn(Cc3c(Cl)cccc3Cl)n2)cn1. The van der Waals surface area contributed by atoms with Crippen molar-refractivity contribution in [1.29, 1.82) is 0 Å². The highest BCUT2D eigenvalue weighted by molar-refractivity contribution is 6.35. The first-order valence-electron chi connectivity index (χ1n) is 7.44. The Hall–Kier alpha value is -2.84. The minimum Gasteiger partial charge on any atom is -0.480 e. The van der Waals surface area contributed by atoms with Crippen molar-refractivity contribution in [1.82, 2.24) is 19.6 Å². The highest BCUT2D eigenvalue weighted by Gasteiger charge is 2.12. The Bertz CT molecular complexity index is 946. The predicted molar refractivity (Wildman–Crippen MR) is 95.6 cm³/mol. The molecular weight excluding hydrogens is 381 g/mol. The number of halogens is 2. The van der Waals surface area contributed by atoms with Gasteiger partial charge in [-0.3, -0.25) is 19.0 Å². The van der Waals surface area contributed by atoms with Crippen LogP contribution >= 0.6 is 23.2 Å². The summed E-state index contributed by atoms with van der Waals surface area (Å²) in [7, 11) is 0. The maximum atomic E-state index is 12.2. The Kier molecular flexibility index (Phi) is 5.24. The van der Waals surface area contributed by atoms with Crippen molar-refractivity contribution in [2.75, 3.05) is 5.32 Å². The summed E-state index contributed by atoms with van der Waals surface area (Å²) in [4.78, 5) is 22.8. The molecule has 0 fully saturated rings. The largest absolute Gasteiger partial charge is 0.480 e. The Labute approximate surface area is 157 Å². The fourth-order valence-electron chi connectivity index (χ4n) is 2.26. The van der Waals surface area contributed by atoms with E-state index in [0.717, 1.165) is 10.2 Å². The average Bonchev–Trinajstić information content (AvgIpc) is 3.20. The van der Waals surface area contributed by atoms with Crippen molar-refractivity contribution < 1.29 is 14.7 Å². The number of nitrogens with one attached hydrogen (secondary N) is 1. The Morgan fingerprint density at radius 1 is 1.15 bits per heavy atom. The van der Waals surface area contributed by atoms with Gasteiger partial charge < -0.3 is 10.4 Å².